The first kappa shape index (κ1) is 20.8. The molecular formula is C23H20FN5O. The van der Waals surface area contributed by atoms with Crippen LogP contribution in [0.5, 0.6) is 0 Å². The zero-order valence-corrected chi connectivity index (χ0v) is 16.7. The molecule has 0 saturated heterocycles. The highest BCUT2D eigenvalue weighted by atomic mass is 19.1. The monoisotopic (exact) mass is 401 g/mol. The first-order valence-corrected chi connectivity index (χ1v) is 9.34. The van der Waals surface area contributed by atoms with Crippen molar-refractivity contribution in [3.8, 4) is 12.1 Å². The average Bonchev–Trinajstić information content (AvgIpc) is 3.16. The molecule has 0 atom stereocenters. The molecule has 1 heterocycles. The van der Waals surface area contributed by atoms with Crippen LogP contribution in [0.1, 0.15) is 36.1 Å². The fourth-order valence-corrected chi connectivity index (χ4v) is 3.16. The largest absolute Gasteiger partial charge is 0.309 e. The number of amides is 1. The van der Waals surface area contributed by atoms with Gasteiger partial charge in [0.2, 0.25) is 5.91 Å². The van der Waals surface area contributed by atoms with Crippen molar-refractivity contribution in [1.82, 2.24) is 9.78 Å². The third kappa shape index (κ3) is 4.71. The van der Waals surface area contributed by atoms with Crippen molar-refractivity contribution < 1.29 is 9.18 Å². The molecule has 0 unspecified atom stereocenters. The number of nitrogens with zero attached hydrogens (tertiary/aromatic N) is 4. The molecule has 7 heteroatoms. The summed E-state index contributed by atoms with van der Waals surface area (Å²) < 4.78 is 15.0. The Hall–Kier alpha value is -3.97. The van der Waals surface area contributed by atoms with Crippen molar-refractivity contribution in [2.24, 2.45) is 0 Å². The van der Waals surface area contributed by atoms with Gasteiger partial charge in [0.1, 0.15) is 11.9 Å². The number of carbonyl (C=O) groups excluding carboxylic acids is 1. The summed E-state index contributed by atoms with van der Waals surface area (Å²) in [5.74, 6) is -0.413. The van der Waals surface area contributed by atoms with E-state index in [1.165, 1.54) is 12.1 Å². The highest BCUT2D eigenvalue weighted by molar-refractivity contribution is 5.91. The molecule has 150 valence electrons. The van der Waals surface area contributed by atoms with Crippen LogP contribution in [0.15, 0.2) is 54.7 Å². The van der Waals surface area contributed by atoms with Crippen molar-refractivity contribution in [3.63, 3.8) is 0 Å². The number of anilines is 1. The third-order valence-electron chi connectivity index (χ3n) is 4.73. The lowest BCUT2D eigenvalue weighted by molar-refractivity contribution is -0.115. The highest BCUT2D eigenvalue weighted by Crippen LogP contribution is 2.26. The van der Waals surface area contributed by atoms with Crippen LogP contribution in [-0.2, 0) is 23.2 Å². The number of nitriles is 2. The Kier molecular flexibility index (Phi) is 5.94. The first-order valence-electron chi connectivity index (χ1n) is 9.34. The Morgan fingerprint density at radius 2 is 1.97 bits per heavy atom. The van der Waals surface area contributed by atoms with Gasteiger partial charge in [0.15, 0.2) is 5.82 Å². The number of aromatic nitrogens is 2. The normalized spacial score (nSPS) is 10.8. The Bertz CT molecular complexity index is 1170. The summed E-state index contributed by atoms with van der Waals surface area (Å²) in [7, 11) is 0. The van der Waals surface area contributed by atoms with Crippen LogP contribution in [-0.4, -0.2) is 15.7 Å². The lowest BCUT2D eigenvalue weighted by atomic mass is 9.82. The van der Waals surface area contributed by atoms with E-state index in [9.17, 15) is 14.4 Å². The van der Waals surface area contributed by atoms with Crippen LogP contribution >= 0.6 is 0 Å². The number of nitrogens with one attached hydrogen (secondary N) is 1. The minimum atomic E-state index is -0.699. The van der Waals surface area contributed by atoms with E-state index < -0.39 is 11.2 Å². The molecule has 0 bridgehead atoms. The summed E-state index contributed by atoms with van der Waals surface area (Å²) in [4.78, 5) is 12.5. The standard InChI is InChI=1S/C23H20FN5O/c1-23(2,15-26)19-6-4-3-5-17(19)12-22(30)27-21-9-10-29(28-21)14-16-7-8-20(24)18(11-16)13-25/h3-11H,12,14H2,1-2H3,(H,27,28,30). The van der Waals surface area contributed by atoms with Gasteiger partial charge in [0.25, 0.3) is 0 Å². The SMILES string of the molecule is CC(C)(C#N)c1ccccc1CC(=O)Nc1ccn(Cc2ccc(F)c(C#N)c2)n1. The number of benzene rings is 2. The topological polar surface area (TPSA) is 94.5 Å². The average molecular weight is 401 g/mol. The van der Waals surface area contributed by atoms with Gasteiger partial charge in [0.05, 0.1) is 30.0 Å². The molecule has 0 saturated carbocycles. The Balaban J connectivity index is 1.68. The molecule has 3 aromatic rings. The molecule has 1 aromatic heterocycles. The maximum absolute atomic E-state index is 13.4. The van der Waals surface area contributed by atoms with Gasteiger partial charge in [-0.15, -0.1) is 0 Å². The highest BCUT2D eigenvalue weighted by Gasteiger charge is 2.23. The molecule has 3 rings (SSSR count). The van der Waals surface area contributed by atoms with Crippen LogP contribution in [0, 0.1) is 28.5 Å². The van der Waals surface area contributed by atoms with Gasteiger partial charge in [-0.2, -0.15) is 15.6 Å². The van der Waals surface area contributed by atoms with E-state index >= 15 is 0 Å². The van der Waals surface area contributed by atoms with Gasteiger partial charge in [-0.1, -0.05) is 30.3 Å². The van der Waals surface area contributed by atoms with Crippen molar-refractivity contribution >= 4 is 11.7 Å². The van der Waals surface area contributed by atoms with Gasteiger partial charge < -0.3 is 5.32 Å². The maximum atomic E-state index is 13.4. The summed E-state index contributed by atoms with van der Waals surface area (Å²) in [6.07, 6.45) is 1.81. The van der Waals surface area contributed by atoms with E-state index in [0.29, 0.717) is 12.4 Å². The minimum Gasteiger partial charge on any atom is -0.309 e. The zero-order valence-electron chi connectivity index (χ0n) is 16.7. The van der Waals surface area contributed by atoms with Crippen LogP contribution in [0.25, 0.3) is 0 Å². The number of rotatable bonds is 6. The lowest BCUT2D eigenvalue weighted by Crippen LogP contribution is -2.21. The number of hydrogen-bond donors (Lipinski definition) is 1. The van der Waals surface area contributed by atoms with Gasteiger partial charge in [0, 0.05) is 12.3 Å². The quantitative estimate of drug-likeness (QED) is 0.677. The molecule has 0 aliphatic rings. The predicted octanol–water partition coefficient (Wildman–Crippen LogP) is 3.92. The van der Waals surface area contributed by atoms with Crippen LogP contribution in [0.3, 0.4) is 0 Å². The van der Waals surface area contributed by atoms with E-state index in [4.69, 9.17) is 5.26 Å². The molecule has 2 aromatic carbocycles. The second-order valence-corrected chi connectivity index (χ2v) is 7.44. The van der Waals surface area contributed by atoms with Gasteiger partial charge >= 0.3 is 0 Å². The van der Waals surface area contributed by atoms with Crippen LogP contribution in [0.2, 0.25) is 0 Å². The van der Waals surface area contributed by atoms with Crippen molar-refractivity contribution in [1.29, 1.82) is 10.5 Å². The lowest BCUT2D eigenvalue weighted by Gasteiger charge is -2.19. The number of hydrogen-bond acceptors (Lipinski definition) is 4. The summed E-state index contributed by atoms with van der Waals surface area (Å²) in [5.41, 5.74) is 1.61. The van der Waals surface area contributed by atoms with Crippen molar-refractivity contribution in [2.75, 3.05) is 5.32 Å². The third-order valence-corrected chi connectivity index (χ3v) is 4.73. The Labute approximate surface area is 174 Å². The molecule has 0 fully saturated rings. The molecule has 1 N–H and O–H groups in total. The molecule has 0 aliphatic heterocycles. The van der Waals surface area contributed by atoms with E-state index in [1.807, 2.05) is 44.2 Å². The molecule has 0 radical (unpaired) electrons. The van der Waals surface area contributed by atoms with E-state index in [2.05, 4.69) is 16.5 Å². The Morgan fingerprint density at radius 3 is 2.70 bits per heavy atom. The van der Waals surface area contributed by atoms with E-state index in [-0.39, 0.29) is 17.9 Å². The first-order chi connectivity index (χ1) is 14.3. The smallest absolute Gasteiger partial charge is 0.230 e. The Morgan fingerprint density at radius 1 is 1.20 bits per heavy atom. The van der Waals surface area contributed by atoms with E-state index in [1.54, 1.807) is 23.0 Å². The fourth-order valence-electron chi connectivity index (χ4n) is 3.16. The summed E-state index contributed by atoms with van der Waals surface area (Å²) in [6.45, 7) is 3.97. The maximum Gasteiger partial charge on any atom is 0.230 e. The van der Waals surface area contributed by atoms with Crippen molar-refractivity contribution in [3.05, 3.63) is 82.8 Å². The van der Waals surface area contributed by atoms with Gasteiger partial charge in [-0.25, -0.2) is 4.39 Å². The van der Waals surface area contributed by atoms with E-state index in [0.717, 1.165) is 16.7 Å². The molecule has 1 amide bonds. The predicted molar refractivity (Wildman–Crippen MR) is 110 cm³/mol. The van der Waals surface area contributed by atoms with Gasteiger partial charge in [-0.3, -0.25) is 9.48 Å². The summed E-state index contributed by atoms with van der Waals surface area (Å²) in [6, 6.07) is 17.5. The van der Waals surface area contributed by atoms with Gasteiger partial charge in [-0.05, 0) is 42.7 Å². The van der Waals surface area contributed by atoms with Crippen LogP contribution < -0.4 is 5.32 Å². The minimum absolute atomic E-state index is 0.0212. The summed E-state index contributed by atoms with van der Waals surface area (Å²) >= 11 is 0. The zero-order chi connectivity index (χ0) is 21.7. The molecule has 30 heavy (non-hydrogen) atoms. The van der Waals surface area contributed by atoms with Crippen LogP contribution in [0.4, 0.5) is 10.2 Å². The molecular weight excluding hydrogens is 381 g/mol. The van der Waals surface area contributed by atoms with Crippen molar-refractivity contribution in [2.45, 2.75) is 32.2 Å². The number of halogens is 1. The molecule has 6 nitrogen and oxygen atoms in total. The second kappa shape index (κ2) is 8.59. The molecule has 0 aliphatic carbocycles. The second-order valence-electron chi connectivity index (χ2n) is 7.44. The number of carbonyl (C=O) groups is 1. The molecule has 0 spiro atoms. The fraction of sp³-hybridized carbons (Fsp3) is 0.217. The summed E-state index contributed by atoms with van der Waals surface area (Å²) in [5, 5.41) is 25.4.